The Morgan fingerprint density at radius 3 is 1.42 bits per heavy atom. The lowest BCUT2D eigenvalue weighted by atomic mass is 10.4. The van der Waals surface area contributed by atoms with Gasteiger partial charge in [-0.05, 0) is 10.8 Å². The number of piperazine rings is 1. The zero-order valence-corrected chi connectivity index (χ0v) is 8.59. The topological polar surface area (TPSA) is 24.1 Å². The van der Waals surface area contributed by atoms with Crippen LogP contribution in [-0.4, -0.2) is 26.2 Å². The first-order valence-corrected chi connectivity index (χ1v) is 4.83. The van der Waals surface area contributed by atoms with Gasteiger partial charge in [-0.15, -0.1) is 12.4 Å². The van der Waals surface area contributed by atoms with Crippen molar-refractivity contribution >= 4 is 23.7 Å². The summed E-state index contributed by atoms with van der Waals surface area (Å²) in [6.45, 7) is 4.56. The maximum atomic E-state index is 3.22. The van der Waals surface area contributed by atoms with E-state index in [1.54, 1.807) is 11.3 Å². The summed E-state index contributed by atoms with van der Waals surface area (Å²) in [7, 11) is 0. The Kier molecular flexibility index (Phi) is 8.93. The minimum absolute atomic E-state index is 0. The Balaban J connectivity index is 0.000000189. The normalized spacial score (nSPS) is 15.3. The monoisotopic (exact) mass is 206 g/mol. The molecule has 1 aromatic rings. The van der Waals surface area contributed by atoms with Crippen molar-refractivity contribution in [1.29, 1.82) is 0 Å². The van der Waals surface area contributed by atoms with Gasteiger partial charge in [-0.2, -0.15) is 11.3 Å². The largest absolute Gasteiger partial charge is 0.314 e. The molecular formula is C8H15ClN2S. The van der Waals surface area contributed by atoms with Crippen LogP contribution in [0.5, 0.6) is 0 Å². The summed E-state index contributed by atoms with van der Waals surface area (Å²) in [6.07, 6.45) is 0. The highest BCUT2D eigenvalue weighted by Crippen LogP contribution is 1.91. The third-order valence-corrected chi connectivity index (χ3v) is 2.01. The molecule has 4 heteroatoms. The molecule has 1 aliphatic heterocycles. The fourth-order valence-electron chi connectivity index (χ4n) is 0.830. The van der Waals surface area contributed by atoms with E-state index in [2.05, 4.69) is 10.6 Å². The second-order valence-electron chi connectivity index (χ2n) is 2.29. The highest BCUT2D eigenvalue weighted by Gasteiger charge is 1.91. The Labute approximate surface area is 83.8 Å². The van der Waals surface area contributed by atoms with Crippen LogP contribution in [0.2, 0.25) is 0 Å². The minimum atomic E-state index is 0. The quantitative estimate of drug-likeness (QED) is 0.670. The lowest BCUT2D eigenvalue weighted by Gasteiger charge is -2.11. The average molecular weight is 207 g/mol. The first-order valence-electron chi connectivity index (χ1n) is 3.89. The molecule has 12 heavy (non-hydrogen) atoms. The first kappa shape index (κ1) is 11.9. The fraction of sp³-hybridized carbons (Fsp3) is 0.500. The Bertz CT molecular complexity index is 123. The van der Waals surface area contributed by atoms with Gasteiger partial charge in [0.2, 0.25) is 0 Å². The van der Waals surface area contributed by atoms with Gasteiger partial charge >= 0.3 is 0 Å². The van der Waals surface area contributed by atoms with Gasteiger partial charge in [0.05, 0.1) is 0 Å². The SMILES string of the molecule is C1CNCCN1.Cl.c1ccsc1. The number of thiophene rings is 1. The van der Waals surface area contributed by atoms with Crippen LogP contribution in [0.25, 0.3) is 0 Å². The van der Waals surface area contributed by atoms with Crippen molar-refractivity contribution in [3.05, 3.63) is 22.9 Å². The minimum Gasteiger partial charge on any atom is -0.314 e. The molecule has 1 saturated heterocycles. The van der Waals surface area contributed by atoms with Crippen molar-refractivity contribution in [3.63, 3.8) is 0 Å². The van der Waals surface area contributed by atoms with Crippen molar-refractivity contribution in [2.45, 2.75) is 0 Å². The van der Waals surface area contributed by atoms with Crippen molar-refractivity contribution in [2.75, 3.05) is 26.2 Å². The maximum absolute atomic E-state index is 3.22. The van der Waals surface area contributed by atoms with Crippen LogP contribution < -0.4 is 10.6 Å². The van der Waals surface area contributed by atoms with Crippen LogP contribution in [0.3, 0.4) is 0 Å². The molecule has 0 radical (unpaired) electrons. The Hall–Kier alpha value is -0.0900. The molecule has 0 amide bonds. The van der Waals surface area contributed by atoms with Crippen molar-refractivity contribution in [1.82, 2.24) is 10.6 Å². The first-order chi connectivity index (χ1) is 5.50. The predicted octanol–water partition coefficient (Wildman–Crippen LogP) is 1.35. The molecular weight excluding hydrogens is 192 g/mol. The maximum Gasteiger partial charge on any atom is 0.00772 e. The van der Waals surface area contributed by atoms with Crippen molar-refractivity contribution in [2.24, 2.45) is 0 Å². The predicted molar refractivity (Wildman–Crippen MR) is 57.3 cm³/mol. The summed E-state index contributed by atoms with van der Waals surface area (Å²) in [5.74, 6) is 0. The van der Waals surface area contributed by atoms with Crippen LogP contribution in [0.4, 0.5) is 0 Å². The lowest BCUT2D eigenvalue weighted by Crippen LogP contribution is -2.39. The summed E-state index contributed by atoms with van der Waals surface area (Å²) < 4.78 is 0. The molecule has 0 saturated carbocycles. The van der Waals surface area contributed by atoms with E-state index in [9.17, 15) is 0 Å². The molecule has 0 unspecified atom stereocenters. The molecule has 1 aliphatic rings. The smallest absolute Gasteiger partial charge is 0.00772 e. The van der Waals surface area contributed by atoms with E-state index in [4.69, 9.17) is 0 Å². The fourth-order valence-corrected chi connectivity index (χ4v) is 1.28. The van der Waals surface area contributed by atoms with E-state index in [0.717, 1.165) is 26.2 Å². The van der Waals surface area contributed by atoms with Gasteiger partial charge < -0.3 is 10.6 Å². The Morgan fingerprint density at radius 2 is 1.25 bits per heavy atom. The number of hydrogen-bond acceptors (Lipinski definition) is 3. The zero-order chi connectivity index (χ0) is 7.78. The zero-order valence-electron chi connectivity index (χ0n) is 6.95. The third-order valence-electron chi connectivity index (χ3n) is 1.38. The molecule has 2 heterocycles. The van der Waals surface area contributed by atoms with Gasteiger partial charge in [0.1, 0.15) is 0 Å². The van der Waals surface area contributed by atoms with E-state index >= 15 is 0 Å². The van der Waals surface area contributed by atoms with Gasteiger partial charge in [-0.1, -0.05) is 12.1 Å². The van der Waals surface area contributed by atoms with Gasteiger partial charge in [-0.25, -0.2) is 0 Å². The summed E-state index contributed by atoms with van der Waals surface area (Å²) >= 11 is 1.71. The third kappa shape index (κ3) is 6.61. The highest BCUT2D eigenvalue weighted by molar-refractivity contribution is 7.07. The number of rotatable bonds is 0. The van der Waals surface area contributed by atoms with E-state index in [0.29, 0.717) is 0 Å². The van der Waals surface area contributed by atoms with Crippen molar-refractivity contribution in [3.8, 4) is 0 Å². The van der Waals surface area contributed by atoms with E-state index < -0.39 is 0 Å². The molecule has 70 valence electrons. The molecule has 0 aliphatic carbocycles. The highest BCUT2D eigenvalue weighted by atomic mass is 35.5. The molecule has 1 aromatic heterocycles. The molecule has 1 fully saturated rings. The van der Waals surface area contributed by atoms with Crippen LogP contribution in [0.15, 0.2) is 22.9 Å². The molecule has 0 aromatic carbocycles. The molecule has 2 rings (SSSR count). The summed E-state index contributed by atoms with van der Waals surface area (Å²) in [4.78, 5) is 0. The van der Waals surface area contributed by atoms with E-state index in [-0.39, 0.29) is 12.4 Å². The van der Waals surface area contributed by atoms with Crippen molar-refractivity contribution < 1.29 is 0 Å². The van der Waals surface area contributed by atoms with E-state index in [1.165, 1.54) is 0 Å². The van der Waals surface area contributed by atoms with Gasteiger partial charge in [-0.3, -0.25) is 0 Å². The second-order valence-corrected chi connectivity index (χ2v) is 3.11. The molecule has 0 bridgehead atoms. The molecule has 0 spiro atoms. The number of nitrogens with one attached hydrogen (secondary N) is 2. The summed E-state index contributed by atoms with van der Waals surface area (Å²) in [5, 5.41) is 10.5. The number of halogens is 1. The average Bonchev–Trinajstić information content (AvgIpc) is 2.64. The lowest BCUT2D eigenvalue weighted by molar-refractivity contribution is 0.534. The molecule has 0 atom stereocenters. The van der Waals surface area contributed by atoms with E-state index in [1.807, 2.05) is 22.9 Å². The molecule has 2 N–H and O–H groups in total. The standard InChI is InChI=1S/C4H10N2.C4H4S.ClH/c1-2-6-4-3-5-1;1-2-4-5-3-1;/h5-6H,1-4H2;1-4H;1H. The van der Waals surface area contributed by atoms with Gasteiger partial charge in [0.25, 0.3) is 0 Å². The number of hydrogen-bond donors (Lipinski definition) is 2. The second kappa shape index (κ2) is 9.00. The van der Waals surface area contributed by atoms with Crippen LogP contribution in [0.1, 0.15) is 0 Å². The van der Waals surface area contributed by atoms with Crippen LogP contribution >= 0.6 is 23.7 Å². The van der Waals surface area contributed by atoms with Gasteiger partial charge in [0.15, 0.2) is 0 Å². The van der Waals surface area contributed by atoms with Crippen LogP contribution in [-0.2, 0) is 0 Å². The van der Waals surface area contributed by atoms with Crippen LogP contribution in [0, 0.1) is 0 Å². The Morgan fingerprint density at radius 1 is 0.833 bits per heavy atom. The summed E-state index contributed by atoms with van der Waals surface area (Å²) in [5.41, 5.74) is 0. The van der Waals surface area contributed by atoms with Gasteiger partial charge in [0, 0.05) is 26.2 Å². The summed E-state index contributed by atoms with van der Waals surface area (Å²) in [6, 6.07) is 4.04. The molecule has 2 nitrogen and oxygen atoms in total.